The lowest BCUT2D eigenvalue weighted by atomic mass is 9.98. The average Bonchev–Trinajstić information content (AvgIpc) is 3.00. The molecule has 3 nitrogen and oxygen atoms in total. The minimum atomic E-state index is 0.285. The number of ether oxygens (including phenoxy) is 1. The molecule has 0 aromatic carbocycles. The summed E-state index contributed by atoms with van der Waals surface area (Å²) in [7, 11) is 0. The zero-order valence-corrected chi connectivity index (χ0v) is 11.6. The van der Waals surface area contributed by atoms with Gasteiger partial charge in [0.1, 0.15) is 0 Å². The third-order valence-electron chi connectivity index (χ3n) is 4.49. The van der Waals surface area contributed by atoms with Gasteiger partial charge in [0.25, 0.3) is 0 Å². The number of unbranched alkanes of at least 4 members (excludes halogenated alkanes) is 3. The normalized spacial score (nSPS) is 26.2. The summed E-state index contributed by atoms with van der Waals surface area (Å²) in [6, 6.07) is 0. The number of aliphatic hydroxyl groups is 1. The third-order valence-corrected chi connectivity index (χ3v) is 4.49. The van der Waals surface area contributed by atoms with Gasteiger partial charge in [0.2, 0.25) is 0 Å². The van der Waals surface area contributed by atoms with Crippen molar-refractivity contribution in [2.45, 2.75) is 75.9 Å². The smallest absolute Gasteiger partial charge is 0.0708 e. The number of hydrogen-bond donors (Lipinski definition) is 2. The zero-order valence-electron chi connectivity index (χ0n) is 11.6. The monoisotopic (exact) mass is 255 g/mol. The van der Waals surface area contributed by atoms with E-state index >= 15 is 0 Å². The van der Waals surface area contributed by atoms with E-state index in [0.29, 0.717) is 12.7 Å². The van der Waals surface area contributed by atoms with Gasteiger partial charge in [0.15, 0.2) is 0 Å². The number of hydrogen-bond acceptors (Lipinski definition) is 3. The molecular weight excluding hydrogens is 226 g/mol. The highest BCUT2D eigenvalue weighted by atomic mass is 16.5. The molecule has 1 unspecified atom stereocenters. The van der Waals surface area contributed by atoms with E-state index in [1.807, 2.05) is 0 Å². The molecule has 0 radical (unpaired) electrons. The maximum Gasteiger partial charge on any atom is 0.0708 e. The van der Waals surface area contributed by atoms with Crippen LogP contribution in [0.1, 0.15) is 64.2 Å². The Morgan fingerprint density at radius 1 is 1.06 bits per heavy atom. The maximum atomic E-state index is 8.68. The molecule has 106 valence electrons. The lowest BCUT2D eigenvalue weighted by molar-refractivity contribution is -0.0350. The van der Waals surface area contributed by atoms with Crippen molar-refractivity contribution < 1.29 is 9.84 Å². The van der Waals surface area contributed by atoms with Crippen LogP contribution in [0.25, 0.3) is 0 Å². The molecule has 1 saturated heterocycles. The second-order valence-electron chi connectivity index (χ2n) is 6.01. The van der Waals surface area contributed by atoms with Crippen LogP contribution in [0.5, 0.6) is 0 Å². The summed E-state index contributed by atoms with van der Waals surface area (Å²) in [5.74, 6) is 0. The summed E-state index contributed by atoms with van der Waals surface area (Å²) in [4.78, 5) is 0. The molecule has 1 heterocycles. The Labute approximate surface area is 111 Å². The van der Waals surface area contributed by atoms with Gasteiger partial charge >= 0.3 is 0 Å². The number of rotatable bonds is 8. The van der Waals surface area contributed by atoms with E-state index in [-0.39, 0.29) is 5.60 Å². The van der Waals surface area contributed by atoms with Crippen molar-refractivity contribution in [1.29, 1.82) is 0 Å². The van der Waals surface area contributed by atoms with Gasteiger partial charge in [-0.1, -0.05) is 25.7 Å². The Morgan fingerprint density at radius 3 is 2.61 bits per heavy atom. The highest BCUT2D eigenvalue weighted by molar-refractivity contribution is 4.93. The van der Waals surface area contributed by atoms with Gasteiger partial charge in [-0.3, -0.25) is 0 Å². The first-order chi connectivity index (χ1) is 8.85. The zero-order chi connectivity index (χ0) is 12.7. The van der Waals surface area contributed by atoms with Crippen molar-refractivity contribution in [3.63, 3.8) is 0 Å². The molecule has 0 aromatic heterocycles. The molecular formula is C15H29NO2. The van der Waals surface area contributed by atoms with Crippen molar-refractivity contribution in [3.05, 3.63) is 0 Å². The van der Waals surface area contributed by atoms with Gasteiger partial charge < -0.3 is 15.2 Å². The highest BCUT2D eigenvalue weighted by Gasteiger charge is 2.41. The molecule has 1 spiro atoms. The Bertz CT molecular complexity index is 227. The van der Waals surface area contributed by atoms with Crippen LogP contribution in [0.4, 0.5) is 0 Å². The molecule has 1 aliphatic carbocycles. The third kappa shape index (κ3) is 4.22. The fourth-order valence-electron chi connectivity index (χ4n) is 3.40. The Kier molecular flexibility index (Phi) is 5.93. The second-order valence-corrected chi connectivity index (χ2v) is 6.01. The van der Waals surface area contributed by atoms with E-state index in [4.69, 9.17) is 9.84 Å². The molecule has 0 amide bonds. The highest BCUT2D eigenvalue weighted by Crippen LogP contribution is 2.43. The first-order valence-electron chi connectivity index (χ1n) is 7.84. The van der Waals surface area contributed by atoms with E-state index in [2.05, 4.69) is 5.32 Å². The average molecular weight is 255 g/mol. The van der Waals surface area contributed by atoms with Crippen LogP contribution in [0, 0.1) is 0 Å². The quantitative estimate of drug-likeness (QED) is 0.655. The summed E-state index contributed by atoms with van der Waals surface area (Å²) >= 11 is 0. The first-order valence-corrected chi connectivity index (χ1v) is 7.84. The van der Waals surface area contributed by atoms with Gasteiger partial charge in [0.05, 0.1) is 11.7 Å². The van der Waals surface area contributed by atoms with Crippen LogP contribution in [-0.4, -0.2) is 36.5 Å². The molecule has 2 fully saturated rings. The predicted octanol–water partition coefficient (Wildman–Crippen LogP) is 2.62. The van der Waals surface area contributed by atoms with Crippen LogP contribution in [0.3, 0.4) is 0 Å². The lowest BCUT2D eigenvalue weighted by Gasteiger charge is -2.23. The minimum Gasteiger partial charge on any atom is -0.396 e. The number of aliphatic hydroxyl groups excluding tert-OH is 1. The van der Waals surface area contributed by atoms with Gasteiger partial charge in [-0.2, -0.15) is 0 Å². The molecule has 0 bridgehead atoms. The van der Waals surface area contributed by atoms with E-state index in [1.165, 1.54) is 51.4 Å². The Hall–Kier alpha value is -0.120. The molecule has 2 N–H and O–H groups in total. The Balaban J connectivity index is 1.48. The van der Waals surface area contributed by atoms with Gasteiger partial charge in [-0.15, -0.1) is 0 Å². The van der Waals surface area contributed by atoms with E-state index in [1.54, 1.807) is 0 Å². The summed E-state index contributed by atoms with van der Waals surface area (Å²) in [6.07, 6.45) is 12.9. The van der Waals surface area contributed by atoms with Crippen molar-refractivity contribution in [2.75, 3.05) is 19.7 Å². The van der Waals surface area contributed by atoms with Crippen LogP contribution in [0.15, 0.2) is 0 Å². The van der Waals surface area contributed by atoms with Crippen molar-refractivity contribution >= 4 is 0 Å². The molecule has 2 aliphatic rings. The summed E-state index contributed by atoms with van der Waals surface area (Å²) in [6.45, 7) is 2.46. The van der Waals surface area contributed by atoms with E-state index in [0.717, 1.165) is 25.9 Å². The van der Waals surface area contributed by atoms with Crippen molar-refractivity contribution in [2.24, 2.45) is 0 Å². The van der Waals surface area contributed by atoms with Crippen LogP contribution < -0.4 is 5.32 Å². The van der Waals surface area contributed by atoms with Crippen LogP contribution >= 0.6 is 0 Å². The standard InChI is InChI=1S/C15H29NO2/c17-12-6-2-1-5-11-16-13-14-7-10-15(18-14)8-3-4-9-15/h14,16-17H,1-13H2. The summed E-state index contributed by atoms with van der Waals surface area (Å²) in [5.41, 5.74) is 0.285. The molecule has 3 heteroatoms. The molecule has 2 rings (SSSR count). The SMILES string of the molecule is OCCCCCCNCC1CCC2(CCCC2)O1. The lowest BCUT2D eigenvalue weighted by Crippen LogP contribution is -2.31. The van der Waals surface area contributed by atoms with Crippen molar-refractivity contribution in [3.8, 4) is 0 Å². The fraction of sp³-hybridized carbons (Fsp3) is 1.00. The van der Waals surface area contributed by atoms with Crippen LogP contribution in [0.2, 0.25) is 0 Å². The maximum absolute atomic E-state index is 8.68. The summed E-state index contributed by atoms with van der Waals surface area (Å²) in [5, 5.41) is 12.2. The first kappa shape index (κ1) is 14.3. The minimum absolute atomic E-state index is 0.285. The fourth-order valence-corrected chi connectivity index (χ4v) is 3.40. The second kappa shape index (κ2) is 7.46. The van der Waals surface area contributed by atoms with Gasteiger partial charge in [0, 0.05) is 13.2 Å². The van der Waals surface area contributed by atoms with Crippen molar-refractivity contribution in [1.82, 2.24) is 5.32 Å². The van der Waals surface area contributed by atoms with E-state index in [9.17, 15) is 0 Å². The topological polar surface area (TPSA) is 41.5 Å². The Morgan fingerprint density at radius 2 is 1.83 bits per heavy atom. The van der Waals surface area contributed by atoms with Crippen LogP contribution in [-0.2, 0) is 4.74 Å². The van der Waals surface area contributed by atoms with Gasteiger partial charge in [-0.25, -0.2) is 0 Å². The molecule has 1 atom stereocenters. The molecule has 1 saturated carbocycles. The predicted molar refractivity (Wildman–Crippen MR) is 73.7 cm³/mol. The molecule has 1 aliphatic heterocycles. The molecule has 0 aromatic rings. The van der Waals surface area contributed by atoms with E-state index < -0.39 is 0 Å². The molecule has 18 heavy (non-hydrogen) atoms. The van der Waals surface area contributed by atoms with Gasteiger partial charge in [-0.05, 0) is 45.1 Å². The number of nitrogens with one attached hydrogen (secondary N) is 1. The summed E-state index contributed by atoms with van der Waals surface area (Å²) < 4.78 is 6.26. The largest absolute Gasteiger partial charge is 0.396 e.